The molecule has 0 unspecified atom stereocenters. The van der Waals surface area contributed by atoms with Crippen molar-refractivity contribution in [2.24, 2.45) is 0 Å². The zero-order chi connectivity index (χ0) is 15.7. The summed E-state index contributed by atoms with van der Waals surface area (Å²) in [6.07, 6.45) is 2.39. The standard InChI is InChI=1S/C15H23NO4S/c1-5-20-15(17)6-7-16-10-11-8-12(18-2)13(19-3)9-14(11)21-4/h8-9,16H,5-7,10H2,1-4H3. The van der Waals surface area contributed by atoms with Crippen LogP contribution in [0.15, 0.2) is 17.0 Å². The molecule has 0 aliphatic heterocycles. The van der Waals surface area contributed by atoms with Crippen molar-refractivity contribution in [2.75, 3.05) is 33.6 Å². The van der Waals surface area contributed by atoms with Gasteiger partial charge in [-0.3, -0.25) is 4.79 Å². The molecule has 1 aromatic rings. The number of hydrogen-bond donors (Lipinski definition) is 1. The number of benzene rings is 1. The third-order valence-corrected chi connectivity index (χ3v) is 3.73. The van der Waals surface area contributed by atoms with Crippen molar-refractivity contribution in [3.8, 4) is 11.5 Å². The maximum atomic E-state index is 11.3. The van der Waals surface area contributed by atoms with Crippen LogP contribution in [-0.4, -0.2) is 39.6 Å². The van der Waals surface area contributed by atoms with Crippen LogP contribution in [0.5, 0.6) is 11.5 Å². The molecule has 0 aliphatic rings. The fraction of sp³-hybridized carbons (Fsp3) is 0.533. The number of hydrogen-bond acceptors (Lipinski definition) is 6. The molecule has 21 heavy (non-hydrogen) atoms. The number of rotatable bonds is 9. The Morgan fingerprint density at radius 2 is 1.90 bits per heavy atom. The first-order chi connectivity index (χ1) is 10.2. The van der Waals surface area contributed by atoms with Crippen LogP contribution in [0.1, 0.15) is 18.9 Å². The lowest BCUT2D eigenvalue weighted by Crippen LogP contribution is -2.19. The Hall–Kier alpha value is -1.40. The first-order valence-electron chi connectivity index (χ1n) is 6.81. The molecule has 118 valence electrons. The number of ether oxygens (including phenoxy) is 3. The summed E-state index contributed by atoms with van der Waals surface area (Å²) in [6.45, 7) is 3.47. The molecule has 1 rings (SSSR count). The Morgan fingerprint density at radius 3 is 2.48 bits per heavy atom. The topological polar surface area (TPSA) is 56.8 Å². The van der Waals surface area contributed by atoms with Gasteiger partial charge in [0, 0.05) is 18.0 Å². The fourth-order valence-electron chi connectivity index (χ4n) is 1.88. The summed E-state index contributed by atoms with van der Waals surface area (Å²) in [7, 11) is 3.24. The van der Waals surface area contributed by atoms with Gasteiger partial charge >= 0.3 is 5.97 Å². The molecule has 0 aromatic heterocycles. The third kappa shape index (κ3) is 5.47. The van der Waals surface area contributed by atoms with Gasteiger partial charge in [0.2, 0.25) is 0 Å². The Balaban J connectivity index is 2.63. The highest BCUT2D eigenvalue weighted by molar-refractivity contribution is 7.98. The van der Waals surface area contributed by atoms with Crippen molar-refractivity contribution in [2.45, 2.75) is 24.8 Å². The second kappa shape index (κ2) is 9.52. The number of carbonyl (C=O) groups excluding carboxylic acids is 1. The predicted octanol–water partition coefficient (Wildman–Crippen LogP) is 2.47. The van der Waals surface area contributed by atoms with E-state index in [-0.39, 0.29) is 5.97 Å². The molecule has 0 aliphatic carbocycles. The minimum Gasteiger partial charge on any atom is -0.493 e. The Morgan fingerprint density at radius 1 is 1.24 bits per heavy atom. The van der Waals surface area contributed by atoms with E-state index >= 15 is 0 Å². The molecule has 1 N–H and O–H groups in total. The van der Waals surface area contributed by atoms with E-state index < -0.39 is 0 Å². The summed E-state index contributed by atoms with van der Waals surface area (Å²) in [4.78, 5) is 12.4. The van der Waals surface area contributed by atoms with Crippen molar-refractivity contribution >= 4 is 17.7 Å². The molecule has 6 heteroatoms. The quantitative estimate of drug-likeness (QED) is 0.429. The second-order valence-electron chi connectivity index (χ2n) is 4.25. The van der Waals surface area contributed by atoms with Gasteiger partial charge < -0.3 is 19.5 Å². The van der Waals surface area contributed by atoms with Crippen LogP contribution >= 0.6 is 11.8 Å². The van der Waals surface area contributed by atoms with Crippen LogP contribution in [-0.2, 0) is 16.1 Å². The largest absolute Gasteiger partial charge is 0.493 e. The molecule has 0 radical (unpaired) electrons. The van der Waals surface area contributed by atoms with Gasteiger partial charge in [0.1, 0.15) is 0 Å². The first-order valence-corrected chi connectivity index (χ1v) is 8.03. The van der Waals surface area contributed by atoms with Crippen LogP contribution in [0.3, 0.4) is 0 Å². The highest BCUT2D eigenvalue weighted by Crippen LogP contribution is 2.34. The Labute approximate surface area is 130 Å². The van der Waals surface area contributed by atoms with E-state index in [1.807, 2.05) is 18.4 Å². The lowest BCUT2D eigenvalue weighted by atomic mass is 10.2. The Bertz CT molecular complexity index is 465. The summed E-state index contributed by atoms with van der Waals surface area (Å²) >= 11 is 1.65. The molecule has 0 atom stereocenters. The van der Waals surface area contributed by atoms with Crippen molar-refractivity contribution in [3.63, 3.8) is 0 Å². The summed E-state index contributed by atoms with van der Waals surface area (Å²) < 4.78 is 15.5. The van der Waals surface area contributed by atoms with Gasteiger partial charge in [-0.2, -0.15) is 0 Å². The number of nitrogens with one attached hydrogen (secondary N) is 1. The predicted molar refractivity (Wildman–Crippen MR) is 84.3 cm³/mol. The van der Waals surface area contributed by atoms with Gasteiger partial charge in [-0.25, -0.2) is 0 Å². The molecule has 0 saturated carbocycles. The van der Waals surface area contributed by atoms with E-state index in [2.05, 4.69) is 5.32 Å². The highest BCUT2D eigenvalue weighted by atomic mass is 32.2. The minimum absolute atomic E-state index is 0.178. The molecule has 0 amide bonds. The average Bonchev–Trinajstić information content (AvgIpc) is 2.51. The average molecular weight is 313 g/mol. The summed E-state index contributed by atoms with van der Waals surface area (Å²) in [5.41, 5.74) is 1.11. The molecule has 0 saturated heterocycles. The number of methoxy groups -OCH3 is 2. The van der Waals surface area contributed by atoms with Crippen LogP contribution in [0, 0.1) is 0 Å². The second-order valence-corrected chi connectivity index (χ2v) is 5.10. The van der Waals surface area contributed by atoms with Crippen molar-refractivity contribution in [1.82, 2.24) is 5.32 Å². The van der Waals surface area contributed by atoms with E-state index in [0.717, 1.165) is 16.2 Å². The first kappa shape index (κ1) is 17.7. The van der Waals surface area contributed by atoms with Gasteiger partial charge in [-0.1, -0.05) is 0 Å². The van der Waals surface area contributed by atoms with Crippen LogP contribution in [0.25, 0.3) is 0 Å². The summed E-state index contributed by atoms with van der Waals surface area (Å²) in [5.74, 6) is 1.25. The van der Waals surface area contributed by atoms with E-state index in [0.29, 0.717) is 31.9 Å². The van der Waals surface area contributed by atoms with E-state index in [4.69, 9.17) is 14.2 Å². The van der Waals surface area contributed by atoms with Crippen molar-refractivity contribution in [1.29, 1.82) is 0 Å². The van der Waals surface area contributed by atoms with Gasteiger partial charge in [0.15, 0.2) is 11.5 Å². The van der Waals surface area contributed by atoms with Crippen molar-refractivity contribution < 1.29 is 19.0 Å². The molecular formula is C15H23NO4S. The highest BCUT2D eigenvalue weighted by Gasteiger charge is 2.10. The normalized spacial score (nSPS) is 10.3. The fourth-order valence-corrected chi connectivity index (χ4v) is 2.50. The molecule has 5 nitrogen and oxygen atoms in total. The van der Waals surface area contributed by atoms with Gasteiger partial charge in [-0.15, -0.1) is 11.8 Å². The molecule has 0 spiro atoms. The summed E-state index contributed by atoms with van der Waals surface area (Å²) in [5, 5.41) is 3.24. The maximum absolute atomic E-state index is 11.3. The molecule has 0 heterocycles. The zero-order valence-corrected chi connectivity index (χ0v) is 13.8. The van der Waals surface area contributed by atoms with Gasteiger partial charge in [0.05, 0.1) is 27.2 Å². The number of carbonyl (C=O) groups is 1. The van der Waals surface area contributed by atoms with Crippen molar-refractivity contribution in [3.05, 3.63) is 17.7 Å². The van der Waals surface area contributed by atoms with E-state index in [9.17, 15) is 4.79 Å². The Kier molecular flexibility index (Phi) is 8.00. The monoisotopic (exact) mass is 313 g/mol. The minimum atomic E-state index is -0.178. The smallest absolute Gasteiger partial charge is 0.307 e. The molecule has 0 fully saturated rings. The lowest BCUT2D eigenvalue weighted by molar-refractivity contribution is -0.142. The van der Waals surface area contributed by atoms with Crippen LogP contribution < -0.4 is 14.8 Å². The molecule has 1 aromatic carbocycles. The molecule has 0 bridgehead atoms. The SMILES string of the molecule is CCOC(=O)CCNCc1cc(OC)c(OC)cc1SC. The number of thioether (sulfide) groups is 1. The third-order valence-electron chi connectivity index (χ3n) is 2.91. The van der Waals surface area contributed by atoms with Gasteiger partial charge in [-0.05, 0) is 30.9 Å². The molecular weight excluding hydrogens is 290 g/mol. The van der Waals surface area contributed by atoms with Crippen LogP contribution in [0.2, 0.25) is 0 Å². The number of esters is 1. The van der Waals surface area contributed by atoms with E-state index in [1.165, 1.54) is 0 Å². The van der Waals surface area contributed by atoms with Gasteiger partial charge in [0.25, 0.3) is 0 Å². The zero-order valence-electron chi connectivity index (χ0n) is 13.0. The van der Waals surface area contributed by atoms with E-state index in [1.54, 1.807) is 32.9 Å². The van der Waals surface area contributed by atoms with Crippen LogP contribution in [0.4, 0.5) is 0 Å². The maximum Gasteiger partial charge on any atom is 0.307 e. The summed E-state index contributed by atoms with van der Waals surface area (Å²) in [6, 6.07) is 3.92. The lowest BCUT2D eigenvalue weighted by Gasteiger charge is -2.14.